The fourth-order valence-electron chi connectivity index (χ4n) is 5.63. The minimum atomic E-state index is -0.966. The topological polar surface area (TPSA) is 126 Å². The van der Waals surface area contributed by atoms with Crippen LogP contribution in [-0.4, -0.2) is 76.5 Å². The number of ether oxygens (including phenoxy) is 3. The summed E-state index contributed by atoms with van der Waals surface area (Å²) in [5.74, 6) is 0.999. The number of carbonyl (C=O) groups is 1. The highest BCUT2D eigenvalue weighted by Crippen LogP contribution is 2.31. The van der Waals surface area contributed by atoms with Gasteiger partial charge in [-0.05, 0) is 43.7 Å². The molecule has 44 heavy (non-hydrogen) atoms. The number of nitrogens with zero attached hydrogens (tertiary/aromatic N) is 6. The first-order valence-corrected chi connectivity index (χ1v) is 14.5. The monoisotopic (exact) mass is 600 g/mol. The Morgan fingerprint density at radius 1 is 1.16 bits per heavy atom. The highest BCUT2D eigenvalue weighted by atomic mass is 19.1. The number of imidazole rings is 1. The molecule has 0 bridgehead atoms. The molecule has 2 fully saturated rings. The van der Waals surface area contributed by atoms with Gasteiger partial charge in [-0.3, -0.25) is 4.90 Å². The summed E-state index contributed by atoms with van der Waals surface area (Å²) in [5.41, 5.74) is 2.38. The fraction of sp³-hybridized carbons (Fsp3) is 0.375. The van der Waals surface area contributed by atoms with E-state index in [2.05, 4.69) is 26.3 Å². The van der Waals surface area contributed by atoms with Crippen molar-refractivity contribution in [2.45, 2.75) is 38.6 Å². The molecule has 228 valence electrons. The molecule has 0 aliphatic carbocycles. The Morgan fingerprint density at radius 2 is 1.95 bits per heavy atom. The van der Waals surface area contributed by atoms with Crippen LogP contribution in [0.4, 0.5) is 10.2 Å². The van der Waals surface area contributed by atoms with Crippen molar-refractivity contribution in [3.63, 3.8) is 0 Å². The van der Waals surface area contributed by atoms with Gasteiger partial charge < -0.3 is 28.8 Å². The van der Waals surface area contributed by atoms with Crippen LogP contribution in [0.15, 0.2) is 48.5 Å². The number of fused-ring (bicyclic) bond motifs is 1. The van der Waals surface area contributed by atoms with E-state index in [-0.39, 0.29) is 29.9 Å². The minimum absolute atomic E-state index is 0.0163. The van der Waals surface area contributed by atoms with Crippen molar-refractivity contribution < 1.29 is 28.5 Å². The Morgan fingerprint density at radius 3 is 2.61 bits per heavy atom. The van der Waals surface area contributed by atoms with Gasteiger partial charge in [0.1, 0.15) is 29.8 Å². The molecule has 2 atom stereocenters. The zero-order valence-corrected chi connectivity index (χ0v) is 24.6. The lowest BCUT2D eigenvalue weighted by Crippen LogP contribution is -2.48. The van der Waals surface area contributed by atoms with E-state index >= 15 is 0 Å². The SMILES string of the molecule is COc1cc(OCc2ccc(C#N)cc2F)nc(N2CCN([C@@H](C)c3nc4ccc(C(=O)O)cc4n3CC3CCO3)CC2)c1. The number of hydrogen-bond donors (Lipinski definition) is 1. The third-order valence-corrected chi connectivity index (χ3v) is 8.32. The number of piperazine rings is 1. The maximum absolute atomic E-state index is 14.4. The first-order valence-electron chi connectivity index (χ1n) is 14.5. The molecule has 2 aliphatic heterocycles. The molecule has 1 N–H and O–H groups in total. The molecule has 2 aromatic heterocycles. The predicted molar refractivity (Wildman–Crippen MR) is 159 cm³/mol. The van der Waals surface area contributed by atoms with Crippen LogP contribution >= 0.6 is 0 Å². The van der Waals surface area contributed by atoms with Gasteiger partial charge in [-0.25, -0.2) is 14.2 Å². The maximum Gasteiger partial charge on any atom is 0.335 e. The summed E-state index contributed by atoms with van der Waals surface area (Å²) in [6.07, 6.45) is 1.06. The number of aromatic nitrogens is 3. The maximum atomic E-state index is 14.4. The van der Waals surface area contributed by atoms with Crippen LogP contribution in [0.25, 0.3) is 11.0 Å². The van der Waals surface area contributed by atoms with Crippen molar-refractivity contribution in [1.29, 1.82) is 5.26 Å². The second kappa shape index (κ2) is 12.5. The van der Waals surface area contributed by atoms with Crippen LogP contribution in [0.5, 0.6) is 11.6 Å². The van der Waals surface area contributed by atoms with Crippen LogP contribution in [0.2, 0.25) is 0 Å². The van der Waals surface area contributed by atoms with E-state index in [0.717, 1.165) is 43.0 Å². The quantitative estimate of drug-likeness (QED) is 0.280. The van der Waals surface area contributed by atoms with Crippen molar-refractivity contribution in [1.82, 2.24) is 19.4 Å². The van der Waals surface area contributed by atoms with Crippen molar-refractivity contribution in [2.75, 3.05) is 44.8 Å². The highest BCUT2D eigenvalue weighted by molar-refractivity contribution is 5.92. The average molecular weight is 601 g/mol. The highest BCUT2D eigenvalue weighted by Gasteiger charge is 2.29. The lowest BCUT2D eigenvalue weighted by atomic mass is 10.1. The zero-order chi connectivity index (χ0) is 30.8. The molecule has 2 saturated heterocycles. The summed E-state index contributed by atoms with van der Waals surface area (Å²) in [5, 5.41) is 18.5. The number of aromatic carboxylic acids is 1. The molecular weight excluding hydrogens is 567 g/mol. The van der Waals surface area contributed by atoms with E-state index in [4.69, 9.17) is 24.5 Å². The van der Waals surface area contributed by atoms with E-state index < -0.39 is 11.8 Å². The number of carboxylic acid groups (broad SMARTS) is 1. The molecule has 0 saturated carbocycles. The lowest BCUT2D eigenvalue weighted by Gasteiger charge is -2.38. The van der Waals surface area contributed by atoms with E-state index in [9.17, 15) is 14.3 Å². The Kier molecular flexibility index (Phi) is 8.32. The van der Waals surface area contributed by atoms with Gasteiger partial charge in [-0.2, -0.15) is 10.2 Å². The van der Waals surface area contributed by atoms with Crippen LogP contribution in [0.1, 0.15) is 46.7 Å². The third-order valence-electron chi connectivity index (χ3n) is 8.32. The van der Waals surface area contributed by atoms with Gasteiger partial charge in [0.25, 0.3) is 0 Å². The molecule has 12 heteroatoms. The van der Waals surface area contributed by atoms with Gasteiger partial charge in [-0.1, -0.05) is 6.07 Å². The van der Waals surface area contributed by atoms with E-state index in [0.29, 0.717) is 42.6 Å². The summed E-state index contributed by atoms with van der Waals surface area (Å²) < 4.78 is 33.5. The van der Waals surface area contributed by atoms with Crippen molar-refractivity contribution >= 4 is 22.8 Å². The summed E-state index contributed by atoms with van der Waals surface area (Å²) in [7, 11) is 1.57. The van der Waals surface area contributed by atoms with E-state index in [1.54, 1.807) is 37.4 Å². The minimum Gasteiger partial charge on any atom is -0.496 e. The molecule has 1 unspecified atom stereocenters. The molecule has 11 nitrogen and oxygen atoms in total. The Labute approximate surface area is 254 Å². The van der Waals surface area contributed by atoms with Crippen molar-refractivity contribution in [2.24, 2.45) is 0 Å². The molecule has 0 spiro atoms. The lowest BCUT2D eigenvalue weighted by molar-refractivity contribution is -0.0594. The number of benzene rings is 2. The summed E-state index contributed by atoms with van der Waals surface area (Å²) in [4.78, 5) is 25.8. The molecule has 0 radical (unpaired) electrons. The normalized spacial score (nSPS) is 17.6. The van der Waals surface area contributed by atoms with Crippen LogP contribution < -0.4 is 14.4 Å². The zero-order valence-electron chi connectivity index (χ0n) is 24.6. The Hall–Kier alpha value is -4.73. The van der Waals surface area contributed by atoms with Crippen molar-refractivity contribution in [3.05, 3.63) is 76.9 Å². The number of methoxy groups -OCH3 is 1. The second-order valence-corrected chi connectivity index (χ2v) is 11.0. The van der Waals surface area contributed by atoms with Gasteiger partial charge in [-0.15, -0.1) is 0 Å². The Balaban J connectivity index is 1.16. The van der Waals surface area contributed by atoms with Gasteiger partial charge in [0, 0.05) is 50.5 Å². The standard InChI is InChI=1S/C32H33FN6O5/c1-20(31-35-27-6-5-22(32(40)41)14-28(27)39(31)18-24-7-12-43-24)37-8-10-38(11-9-37)29-15-25(42-2)16-30(36-29)44-19-23-4-3-21(17-34)13-26(23)33/h3-6,13-16,20,24H,7-12,18-19H2,1-2H3,(H,40,41)/t20-,24?/m0/s1. The van der Waals surface area contributed by atoms with Crippen molar-refractivity contribution in [3.8, 4) is 17.7 Å². The number of pyridine rings is 1. The molecule has 2 aromatic carbocycles. The summed E-state index contributed by atoms with van der Waals surface area (Å²) in [6.45, 7) is 6.34. The van der Waals surface area contributed by atoms with Crippen LogP contribution in [-0.2, 0) is 17.9 Å². The number of anilines is 1. The van der Waals surface area contributed by atoms with Gasteiger partial charge in [0.05, 0.1) is 54.0 Å². The first-order chi connectivity index (χ1) is 21.3. The number of nitriles is 1. The van der Waals surface area contributed by atoms with E-state index in [1.165, 1.54) is 12.1 Å². The molecule has 0 amide bonds. The largest absolute Gasteiger partial charge is 0.496 e. The Bertz CT molecular complexity index is 1720. The number of rotatable bonds is 10. The first kappa shape index (κ1) is 29.3. The van der Waals surface area contributed by atoms with Crippen LogP contribution in [0, 0.1) is 17.1 Å². The van der Waals surface area contributed by atoms with Gasteiger partial charge in [0.2, 0.25) is 5.88 Å². The molecule has 2 aliphatic rings. The third kappa shape index (κ3) is 6.02. The summed E-state index contributed by atoms with van der Waals surface area (Å²) >= 11 is 0. The van der Waals surface area contributed by atoms with Gasteiger partial charge in [0.15, 0.2) is 0 Å². The number of halogens is 1. The second-order valence-electron chi connectivity index (χ2n) is 11.0. The molecule has 4 aromatic rings. The fourth-order valence-corrected chi connectivity index (χ4v) is 5.63. The smallest absolute Gasteiger partial charge is 0.335 e. The molecule has 6 rings (SSSR count). The van der Waals surface area contributed by atoms with Crippen LogP contribution in [0.3, 0.4) is 0 Å². The molecular formula is C32H33FN6O5. The molecule has 4 heterocycles. The average Bonchev–Trinajstić information content (AvgIpc) is 3.39. The predicted octanol–water partition coefficient (Wildman–Crippen LogP) is 4.40. The van der Waals surface area contributed by atoms with Gasteiger partial charge >= 0.3 is 5.97 Å². The summed E-state index contributed by atoms with van der Waals surface area (Å²) in [6, 6.07) is 14.8. The number of hydrogen-bond acceptors (Lipinski definition) is 9. The number of carboxylic acids is 1. The van der Waals surface area contributed by atoms with E-state index in [1.807, 2.05) is 12.1 Å².